The summed E-state index contributed by atoms with van der Waals surface area (Å²) in [6.45, 7) is 0. The van der Waals surface area contributed by atoms with Crippen LogP contribution in [-0.2, 0) is 0 Å². The fourth-order valence-electron chi connectivity index (χ4n) is 1.93. The Balaban J connectivity index is 2.00. The lowest BCUT2D eigenvalue weighted by Crippen LogP contribution is -2.29. The molecule has 1 aliphatic rings. The van der Waals surface area contributed by atoms with E-state index in [-0.39, 0.29) is 11.4 Å². The molecule has 2 rings (SSSR count). The number of aliphatic hydroxyl groups excluding tert-OH is 1. The van der Waals surface area contributed by atoms with Crippen LogP contribution in [0.25, 0.3) is 0 Å². The van der Waals surface area contributed by atoms with Gasteiger partial charge in [-0.25, -0.2) is 0 Å². The van der Waals surface area contributed by atoms with Crippen molar-refractivity contribution in [1.82, 2.24) is 15.0 Å². The second-order valence-electron chi connectivity index (χ2n) is 4.15. The molecule has 94 valence electrons. The van der Waals surface area contributed by atoms with E-state index < -0.39 is 0 Å². The van der Waals surface area contributed by atoms with Gasteiger partial charge in [0.15, 0.2) is 0 Å². The Labute approximate surface area is 105 Å². The van der Waals surface area contributed by atoms with Crippen LogP contribution in [0.3, 0.4) is 0 Å². The van der Waals surface area contributed by atoms with E-state index in [1.54, 1.807) is 7.05 Å². The molecule has 0 saturated heterocycles. The third kappa shape index (κ3) is 3.41. The number of aliphatic hydroxyl groups is 1. The second kappa shape index (κ2) is 5.46. The van der Waals surface area contributed by atoms with Crippen molar-refractivity contribution in [3.8, 4) is 0 Å². The first-order valence-electron chi connectivity index (χ1n) is 5.71. The maximum Gasteiger partial charge on any atom is 0.229 e. The van der Waals surface area contributed by atoms with Gasteiger partial charge in [0.1, 0.15) is 0 Å². The Kier molecular flexibility index (Phi) is 3.96. The van der Waals surface area contributed by atoms with Crippen LogP contribution in [0, 0.1) is 0 Å². The number of hydrogen-bond donors (Lipinski definition) is 3. The third-order valence-corrected chi connectivity index (χ3v) is 3.03. The summed E-state index contributed by atoms with van der Waals surface area (Å²) in [7, 11) is 1.73. The number of aromatic nitrogens is 3. The predicted molar refractivity (Wildman–Crippen MR) is 66.3 cm³/mol. The Morgan fingerprint density at radius 2 is 1.76 bits per heavy atom. The van der Waals surface area contributed by atoms with Gasteiger partial charge in [-0.15, -0.1) is 0 Å². The zero-order valence-corrected chi connectivity index (χ0v) is 10.4. The molecule has 0 aromatic carbocycles. The number of nitrogens with one attached hydrogen (secondary N) is 2. The van der Waals surface area contributed by atoms with Gasteiger partial charge in [0.05, 0.1) is 6.10 Å². The topological polar surface area (TPSA) is 83.0 Å². The van der Waals surface area contributed by atoms with Gasteiger partial charge in [-0.05, 0) is 37.3 Å². The molecule has 1 aromatic rings. The van der Waals surface area contributed by atoms with Crippen LogP contribution < -0.4 is 10.6 Å². The fourth-order valence-corrected chi connectivity index (χ4v) is 2.09. The highest BCUT2D eigenvalue weighted by Crippen LogP contribution is 2.21. The highest BCUT2D eigenvalue weighted by atomic mass is 35.5. The first-order valence-corrected chi connectivity index (χ1v) is 6.09. The molecule has 0 bridgehead atoms. The van der Waals surface area contributed by atoms with Crippen LogP contribution in [0.1, 0.15) is 25.7 Å². The minimum absolute atomic E-state index is 0.164. The van der Waals surface area contributed by atoms with Gasteiger partial charge in [0.25, 0.3) is 0 Å². The summed E-state index contributed by atoms with van der Waals surface area (Å²) in [4.78, 5) is 12.1. The van der Waals surface area contributed by atoms with Gasteiger partial charge in [-0.2, -0.15) is 15.0 Å². The van der Waals surface area contributed by atoms with Gasteiger partial charge in [-0.1, -0.05) is 0 Å². The third-order valence-electron chi connectivity index (χ3n) is 2.86. The van der Waals surface area contributed by atoms with Gasteiger partial charge in [0, 0.05) is 13.1 Å². The zero-order chi connectivity index (χ0) is 12.3. The summed E-state index contributed by atoms with van der Waals surface area (Å²) in [5, 5.41) is 15.6. The molecule has 1 heterocycles. The summed E-state index contributed by atoms with van der Waals surface area (Å²) in [5.74, 6) is 0.930. The summed E-state index contributed by atoms with van der Waals surface area (Å²) >= 11 is 5.79. The monoisotopic (exact) mass is 257 g/mol. The lowest BCUT2D eigenvalue weighted by molar-refractivity contribution is 0.126. The molecule has 0 radical (unpaired) electrons. The van der Waals surface area contributed by atoms with E-state index in [1.165, 1.54) is 0 Å². The van der Waals surface area contributed by atoms with E-state index in [0.29, 0.717) is 17.9 Å². The van der Waals surface area contributed by atoms with E-state index in [1.807, 2.05) is 0 Å². The molecular formula is C10H16ClN5O. The van der Waals surface area contributed by atoms with Crippen LogP contribution in [0.2, 0.25) is 5.28 Å². The van der Waals surface area contributed by atoms with E-state index in [4.69, 9.17) is 11.6 Å². The summed E-state index contributed by atoms with van der Waals surface area (Å²) in [5.41, 5.74) is 0. The van der Waals surface area contributed by atoms with Crippen LogP contribution >= 0.6 is 11.6 Å². The molecule has 1 aromatic heterocycles. The van der Waals surface area contributed by atoms with Gasteiger partial charge >= 0.3 is 0 Å². The van der Waals surface area contributed by atoms with Crippen molar-refractivity contribution in [3.63, 3.8) is 0 Å². The Morgan fingerprint density at radius 3 is 2.41 bits per heavy atom. The maximum atomic E-state index is 9.42. The Hall–Kier alpha value is -1.14. The van der Waals surface area contributed by atoms with Crippen molar-refractivity contribution < 1.29 is 5.11 Å². The summed E-state index contributed by atoms with van der Waals surface area (Å²) < 4.78 is 0. The molecule has 0 spiro atoms. The van der Waals surface area contributed by atoms with Crippen LogP contribution in [0.5, 0.6) is 0 Å². The average Bonchev–Trinajstić information content (AvgIpc) is 2.31. The Morgan fingerprint density at radius 1 is 1.12 bits per heavy atom. The van der Waals surface area contributed by atoms with E-state index in [0.717, 1.165) is 25.7 Å². The van der Waals surface area contributed by atoms with Crippen molar-refractivity contribution in [2.75, 3.05) is 17.7 Å². The van der Waals surface area contributed by atoms with Crippen molar-refractivity contribution >= 4 is 23.5 Å². The molecule has 0 atom stereocenters. The molecular weight excluding hydrogens is 242 g/mol. The summed E-state index contributed by atoms with van der Waals surface area (Å²) in [6.07, 6.45) is 3.30. The highest BCUT2D eigenvalue weighted by molar-refractivity contribution is 6.28. The molecule has 7 heteroatoms. The van der Waals surface area contributed by atoms with Crippen LogP contribution in [-0.4, -0.2) is 39.3 Å². The minimum atomic E-state index is -0.164. The predicted octanol–water partition coefficient (Wildman–Crippen LogP) is 1.28. The van der Waals surface area contributed by atoms with Crippen molar-refractivity contribution in [3.05, 3.63) is 5.28 Å². The van der Waals surface area contributed by atoms with Gasteiger partial charge in [-0.3, -0.25) is 0 Å². The molecule has 3 N–H and O–H groups in total. The molecule has 0 unspecified atom stereocenters. The van der Waals surface area contributed by atoms with E-state index in [9.17, 15) is 5.11 Å². The molecule has 0 amide bonds. The van der Waals surface area contributed by atoms with Gasteiger partial charge < -0.3 is 15.7 Å². The first-order chi connectivity index (χ1) is 8.17. The smallest absolute Gasteiger partial charge is 0.229 e. The molecule has 1 saturated carbocycles. The molecule has 1 fully saturated rings. The van der Waals surface area contributed by atoms with E-state index >= 15 is 0 Å². The van der Waals surface area contributed by atoms with Crippen LogP contribution in [0.15, 0.2) is 0 Å². The molecule has 17 heavy (non-hydrogen) atoms. The zero-order valence-electron chi connectivity index (χ0n) is 9.65. The van der Waals surface area contributed by atoms with Crippen LogP contribution in [0.4, 0.5) is 11.9 Å². The number of hydrogen-bond acceptors (Lipinski definition) is 6. The lowest BCUT2D eigenvalue weighted by atomic mass is 9.93. The SMILES string of the molecule is CNc1nc(Cl)nc(NC2CCC(O)CC2)n1. The largest absolute Gasteiger partial charge is 0.393 e. The number of halogens is 1. The normalized spacial score (nSPS) is 24.4. The molecule has 0 aliphatic heterocycles. The number of rotatable bonds is 3. The standard InChI is InChI=1S/C10H16ClN5O/c1-12-9-14-8(11)15-10(16-9)13-6-2-4-7(17)5-3-6/h6-7,17H,2-5H2,1H3,(H2,12,13,14,15,16). The van der Waals surface area contributed by atoms with Crippen molar-refractivity contribution in [2.24, 2.45) is 0 Å². The Bertz CT molecular complexity index is 381. The lowest BCUT2D eigenvalue weighted by Gasteiger charge is -2.26. The molecule has 1 aliphatic carbocycles. The van der Waals surface area contributed by atoms with Gasteiger partial charge in [0.2, 0.25) is 17.2 Å². The van der Waals surface area contributed by atoms with E-state index in [2.05, 4.69) is 25.6 Å². The number of anilines is 2. The van der Waals surface area contributed by atoms with Crippen molar-refractivity contribution in [2.45, 2.75) is 37.8 Å². The highest BCUT2D eigenvalue weighted by Gasteiger charge is 2.20. The summed E-state index contributed by atoms with van der Waals surface area (Å²) in [6, 6.07) is 0.293. The maximum absolute atomic E-state index is 9.42. The number of nitrogens with zero attached hydrogens (tertiary/aromatic N) is 3. The first kappa shape index (κ1) is 12.3. The second-order valence-corrected chi connectivity index (χ2v) is 4.49. The quantitative estimate of drug-likeness (QED) is 0.757. The molecule has 6 nitrogen and oxygen atoms in total. The minimum Gasteiger partial charge on any atom is -0.393 e. The average molecular weight is 258 g/mol. The fraction of sp³-hybridized carbons (Fsp3) is 0.700. The van der Waals surface area contributed by atoms with Crippen molar-refractivity contribution in [1.29, 1.82) is 0 Å².